The summed E-state index contributed by atoms with van der Waals surface area (Å²) in [7, 11) is 0. The molecule has 1 amide bonds. The summed E-state index contributed by atoms with van der Waals surface area (Å²) in [6, 6.07) is 16.1. The fourth-order valence-corrected chi connectivity index (χ4v) is 4.47. The van der Waals surface area contributed by atoms with Gasteiger partial charge < -0.3 is 14.8 Å². The fourth-order valence-electron chi connectivity index (χ4n) is 2.71. The van der Waals surface area contributed by atoms with Gasteiger partial charge in [0.1, 0.15) is 17.3 Å². The lowest BCUT2D eigenvalue weighted by Gasteiger charge is -2.05. The Morgan fingerprint density at radius 2 is 1.96 bits per heavy atom. The quantitative estimate of drug-likeness (QED) is 0.500. The number of rotatable bonds is 5. The second-order valence-electron chi connectivity index (χ2n) is 5.89. The van der Waals surface area contributed by atoms with Gasteiger partial charge in [0.2, 0.25) is 0 Å². The fraction of sp³-hybridized carbons (Fsp3) is 0.100. The van der Waals surface area contributed by atoms with E-state index in [0.29, 0.717) is 11.0 Å². The van der Waals surface area contributed by atoms with Crippen molar-refractivity contribution in [3.05, 3.63) is 90.6 Å². The highest BCUT2D eigenvalue weighted by molar-refractivity contribution is 7.12. The van der Waals surface area contributed by atoms with Gasteiger partial charge in [0.05, 0.1) is 6.54 Å². The molecule has 7 heteroatoms. The summed E-state index contributed by atoms with van der Waals surface area (Å²) >= 11 is 2.92. The molecule has 0 saturated heterocycles. The van der Waals surface area contributed by atoms with Crippen LogP contribution in [0.1, 0.15) is 31.1 Å². The zero-order valence-corrected chi connectivity index (χ0v) is 15.7. The lowest BCUT2D eigenvalue weighted by Crippen LogP contribution is -2.27. The largest absolute Gasteiger partial charge is 0.422 e. The molecule has 27 heavy (non-hydrogen) atoms. The second-order valence-corrected chi connectivity index (χ2v) is 8.07. The van der Waals surface area contributed by atoms with Crippen LogP contribution in [-0.4, -0.2) is 11.0 Å². The third-order valence-corrected chi connectivity index (χ3v) is 6.14. The van der Waals surface area contributed by atoms with Gasteiger partial charge in [-0.3, -0.25) is 4.79 Å². The van der Waals surface area contributed by atoms with Gasteiger partial charge in [-0.15, -0.1) is 22.7 Å². The number of fused-ring (bicyclic) bond motifs is 1. The van der Waals surface area contributed by atoms with Crippen LogP contribution in [0.2, 0.25) is 0 Å². The average molecular weight is 397 g/mol. The summed E-state index contributed by atoms with van der Waals surface area (Å²) < 4.78 is 5.20. The summed E-state index contributed by atoms with van der Waals surface area (Å²) in [6.45, 7) is 0.271. The minimum Gasteiger partial charge on any atom is -0.422 e. The van der Waals surface area contributed by atoms with Gasteiger partial charge in [-0.05, 0) is 35.7 Å². The Labute approximate surface area is 162 Å². The molecule has 0 fully saturated rings. The number of hydrogen-bond acceptors (Lipinski definition) is 6. The van der Waals surface area contributed by atoms with Crippen LogP contribution in [0.15, 0.2) is 69.2 Å². The standard InChI is InChI=1S/C20H15NO4S2/c22-18(16-6-3-9-26-16)17-8-7-13(27-17)11-21-19(23)14-10-12-4-1-2-5-15(12)25-20(14)24/h1-10,18,22H,11H2,(H,21,23). The molecule has 1 aromatic carbocycles. The SMILES string of the molecule is O=C(NCc1ccc(C(O)c2cccs2)s1)c1cc2ccccc2oc1=O. The van der Waals surface area contributed by atoms with Crippen molar-refractivity contribution in [1.82, 2.24) is 5.32 Å². The maximum atomic E-state index is 12.4. The minimum atomic E-state index is -0.661. The zero-order chi connectivity index (χ0) is 18.8. The normalized spacial score (nSPS) is 12.2. The maximum Gasteiger partial charge on any atom is 0.349 e. The van der Waals surface area contributed by atoms with Crippen molar-refractivity contribution in [1.29, 1.82) is 0 Å². The van der Waals surface area contributed by atoms with Crippen molar-refractivity contribution in [3.8, 4) is 0 Å². The zero-order valence-electron chi connectivity index (χ0n) is 14.0. The highest BCUT2D eigenvalue weighted by atomic mass is 32.1. The highest BCUT2D eigenvalue weighted by Gasteiger charge is 2.16. The van der Waals surface area contributed by atoms with Crippen LogP contribution >= 0.6 is 22.7 Å². The van der Waals surface area contributed by atoms with E-state index < -0.39 is 17.6 Å². The summed E-state index contributed by atoms with van der Waals surface area (Å²) in [5, 5.41) is 15.7. The van der Waals surface area contributed by atoms with Gasteiger partial charge in [0.15, 0.2) is 0 Å². The molecule has 0 aliphatic carbocycles. The van der Waals surface area contributed by atoms with Crippen molar-refractivity contribution in [3.63, 3.8) is 0 Å². The summed E-state index contributed by atoms with van der Waals surface area (Å²) in [5.41, 5.74) is -0.236. The maximum absolute atomic E-state index is 12.4. The van der Waals surface area contributed by atoms with Crippen LogP contribution in [-0.2, 0) is 6.54 Å². The topological polar surface area (TPSA) is 79.5 Å². The van der Waals surface area contributed by atoms with Crippen LogP contribution < -0.4 is 10.9 Å². The molecule has 1 unspecified atom stereocenters. The molecule has 1 atom stereocenters. The molecular formula is C20H15NO4S2. The van der Waals surface area contributed by atoms with Crippen LogP contribution in [0, 0.1) is 0 Å². The number of nitrogens with one attached hydrogen (secondary N) is 1. The van der Waals surface area contributed by atoms with E-state index >= 15 is 0 Å². The van der Waals surface area contributed by atoms with Gasteiger partial charge in [-0.2, -0.15) is 0 Å². The van der Waals surface area contributed by atoms with Crippen LogP contribution in [0.4, 0.5) is 0 Å². The molecule has 2 N–H and O–H groups in total. The predicted octanol–water partition coefficient (Wildman–Crippen LogP) is 3.93. The second kappa shape index (κ2) is 7.48. The molecule has 0 aliphatic rings. The molecule has 0 saturated carbocycles. The Kier molecular flexibility index (Phi) is 4.89. The van der Waals surface area contributed by atoms with Gasteiger partial charge in [-0.1, -0.05) is 24.3 Å². The smallest absolute Gasteiger partial charge is 0.349 e. The minimum absolute atomic E-state index is 0.0240. The molecule has 3 heterocycles. The number of aliphatic hydroxyl groups is 1. The Hall–Kier alpha value is -2.74. The monoisotopic (exact) mass is 397 g/mol. The Morgan fingerprint density at radius 1 is 1.11 bits per heavy atom. The molecular weight excluding hydrogens is 382 g/mol. The van der Waals surface area contributed by atoms with Crippen LogP contribution in [0.3, 0.4) is 0 Å². The van der Waals surface area contributed by atoms with E-state index in [4.69, 9.17) is 4.42 Å². The molecule has 0 aliphatic heterocycles. The van der Waals surface area contributed by atoms with Crippen molar-refractivity contribution in [2.45, 2.75) is 12.6 Å². The van der Waals surface area contributed by atoms with Gasteiger partial charge in [0, 0.05) is 20.0 Å². The summed E-state index contributed by atoms with van der Waals surface area (Å²) in [6.07, 6.45) is -0.660. The Balaban J connectivity index is 1.47. The molecule has 4 rings (SSSR count). The van der Waals surface area contributed by atoms with Crippen molar-refractivity contribution in [2.24, 2.45) is 0 Å². The first-order chi connectivity index (χ1) is 13.1. The van der Waals surface area contributed by atoms with E-state index in [9.17, 15) is 14.7 Å². The molecule has 5 nitrogen and oxygen atoms in total. The Morgan fingerprint density at radius 3 is 2.78 bits per heavy atom. The van der Waals surface area contributed by atoms with Gasteiger partial charge in [0.25, 0.3) is 5.91 Å². The number of thiophene rings is 2. The number of carbonyl (C=O) groups excluding carboxylic acids is 1. The highest BCUT2D eigenvalue weighted by Crippen LogP contribution is 2.30. The summed E-state index contributed by atoms with van der Waals surface area (Å²) in [4.78, 5) is 27.0. The van der Waals surface area contributed by atoms with E-state index in [1.807, 2.05) is 35.7 Å². The molecule has 0 spiro atoms. The number of hydrogen-bond donors (Lipinski definition) is 2. The van der Waals surface area contributed by atoms with Gasteiger partial charge >= 0.3 is 5.63 Å². The van der Waals surface area contributed by atoms with Gasteiger partial charge in [-0.25, -0.2) is 4.79 Å². The van der Waals surface area contributed by atoms with Crippen molar-refractivity contribution < 1.29 is 14.3 Å². The van der Waals surface area contributed by atoms with Crippen LogP contribution in [0.5, 0.6) is 0 Å². The van der Waals surface area contributed by atoms with E-state index in [2.05, 4.69) is 5.32 Å². The van der Waals surface area contributed by atoms with E-state index in [0.717, 1.165) is 14.6 Å². The average Bonchev–Trinajstić information content (AvgIpc) is 3.37. The molecule has 0 radical (unpaired) electrons. The lowest BCUT2D eigenvalue weighted by molar-refractivity contribution is 0.0948. The van der Waals surface area contributed by atoms with Crippen molar-refractivity contribution in [2.75, 3.05) is 0 Å². The molecule has 3 aromatic heterocycles. The van der Waals surface area contributed by atoms with Crippen molar-refractivity contribution >= 4 is 39.5 Å². The number of carbonyl (C=O) groups is 1. The first-order valence-electron chi connectivity index (χ1n) is 8.23. The summed E-state index contributed by atoms with van der Waals surface area (Å²) in [5.74, 6) is -0.483. The van der Waals surface area contributed by atoms with E-state index in [1.54, 1.807) is 18.2 Å². The molecule has 136 valence electrons. The lowest BCUT2D eigenvalue weighted by atomic mass is 10.2. The predicted molar refractivity (Wildman–Crippen MR) is 106 cm³/mol. The Bertz CT molecular complexity index is 1140. The third-order valence-electron chi connectivity index (χ3n) is 4.07. The molecule has 4 aromatic rings. The number of aliphatic hydroxyl groups excluding tert-OH is 1. The molecule has 0 bridgehead atoms. The number of para-hydroxylation sites is 1. The number of amides is 1. The van der Waals surface area contributed by atoms with Crippen LogP contribution in [0.25, 0.3) is 11.0 Å². The first-order valence-corrected chi connectivity index (χ1v) is 9.92. The number of benzene rings is 1. The third kappa shape index (κ3) is 3.71. The first kappa shape index (κ1) is 17.7. The van der Waals surface area contributed by atoms with E-state index in [-0.39, 0.29) is 12.1 Å². The van der Waals surface area contributed by atoms with E-state index in [1.165, 1.54) is 28.7 Å².